The molecule has 0 radical (unpaired) electrons. The summed E-state index contributed by atoms with van der Waals surface area (Å²) >= 11 is 0. The lowest BCUT2D eigenvalue weighted by Gasteiger charge is -2.38. The second-order valence-corrected chi connectivity index (χ2v) is 26.1. The summed E-state index contributed by atoms with van der Waals surface area (Å²) in [6, 6.07) is 23.7. The van der Waals surface area contributed by atoms with Crippen molar-refractivity contribution in [2.24, 2.45) is 47.3 Å². The number of rotatable bonds is 0. The molecule has 0 heterocycles. The van der Waals surface area contributed by atoms with Crippen LogP contribution in [0.15, 0.2) is 48.5 Å². The van der Waals surface area contributed by atoms with Gasteiger partial charge in [0.15, 0.2) is 0 Å². The number of hydrogen-bond acceptors (Lipinski definition) is 0. The highest BCUT2D eigenvalue weighted by Crippen LogP contribution is 2.70. The number of fused-ring (bicyclic) bond motifs is 10. The van der Waals surface area contributed by atoms with Gasteiger partial charge in [-0.05, 0) is 312 Å². The van der Waals surface area contributed by atoms with Gasteiger partial charge in [-0.15, -0.1) is 0 Å². The molecule has 0 heteroatoms. The fourth-order valence-electron chi connectivity index (χ4n) is 21.8. The molecule has 8 fully saturated rings. The van der Waals surface area contributed by atoms with Gasteiger partial charge in [0.05, 0.1) is 5.41 Å². The molecule has 61 heavy (non-hydrogen) atoms. The Morgan fingerprint density at radius 1 is 0.213 bits per heavy atom. The third-order valence-corrected chi connectivity index (χ3v) is 23.2. The third kappa shape index (κ3) is 4.08. The maximum atomic E-state index is 3.00. The number of benzene rings is 4. The monoisotopic (exact) mass is 797 g/mol. The zero-order valence-corrected chi connectivity index (χ0v) is 36.5. The normalized spacial score (nSPS) is 45.1. The fourth-order valence-corrected chi connectivity index (χ4v) is 21.8. The molecule has 0 amide bonds. The highest BCUT2D eigenvalue weighted by atomic mass is 14.6. The predicted octanol–water partition coefficient (Wildman–Crippen LogP) is 15.6. The first-order valence-electron chi connectivity index (χ1n) is 26.8. The topological polar surface area (TPSA) is 0 Å². The van der Waals surface area contributed by atoms with Crippen molar-refractivity contribution in [1.29, 1.82) is 0 Å². The minimum Gasteiger partial charge on any atom is -0.0530 e. The van der Waals surface area contributed by atoms with Gasteiger partial charge in [-0.1, -0.05) is 48.5 Å². The van der Waals surface area contributed by atoms with Crippen molar-refractivity contribution in [3.8, 4) is 22.3 Å². The van der Waals surface area contributed by atoms with E-state index >= 15 is 0 Å². The minimum atomic E-state index is -0.192. The summed E-state index contributed by atoms with van der Waals surface area (Å²) in [7, 11) is 0. The van der Waals surface area contributed by atoms with Crippen LogP contribution in [0.1, 0.15) is 243 Å². The third-order valence-electron chi connectivity index (χ3n) is 23.2. The molecular formula is C61H64. The summed E-state index contributed by atoms with van der Waals surface area (Å²) in [6.07, 6.45) is 29.5. The van der Waals surface area contributed by atoms with Crippen molar-refractivity contribution in [3.05, 3.63) is 115 Å². The molecular weight excluding hydrogens is 733 g/mol. The molecule has 8 saturated carbocycles. The van der Waals surface area contributed by atoms with E-state index in [1.54, 1.807) is 44.5 Å². The van der Waals surface area contributed by atoms with Gasteiger partial charge in [0.25, 0.3) is 0 Å². The Bertz CT molecular complexity index is 2280. The van der Waals surface area contributed by atoms with Gasteiger partial charge in [0.1, 0.15) is 0 Å². The van der Waals surface area contributed by atoms with Gasteiger partial charge in [0, 0.05) is 0 Å². The van der Waals surface area contributed by atoms with E-state index in [9.17, 15) is 0 Å². The van der Waals surface area contributed by atoms with Crippen LogP contribution in [0.5, 0.6) is 0 Å². The summed E-state index contributed by atoms with van der Waals surface area (Å²) < 4.78 is 0. The molecule has 16 bridgehead atoms. The van der Waals surface area contributed by atoms with E-state index in [1.807, 2.05) is 44.5 Å². The molecule has 18 aliphatic carbocycles. The van der Waals surface area contributed by atoms with Crippen LogP contribution in [-0.4, -0.2) is 0 Å². The second kappa shape index (κ2) is 11.0. The van der Waals surface area contributed by atoms with Crippen molar-refractivity contribution >= 4 is 0 Å². The molecule has 0 N–H and O–H groups in total. The molecule has 4 aromatic rings. The lowest BCUT2D eigenvalue weighted by atomic mass is 9.66. The maximum absolute atomic E-state index is 3.00. The highest BCUT2D eigenvalue weighted by molar-refractivity contribution is 5.97. The van der Waals surface area contributed by atoms with Gasteiger partial charge in [-0.2, -0.15) is 0 Å². The van der Waals surface area contributed by atoms with E-state index in [0.29, 0.717) is 0 Å². The maximum Gasteiger partial charge on any atom is 0.0725 e. The highest BCUT2D eigenvalue weighted by Gasteiger charge is 2.57. The van der Waals surface area contributed by atoms with E-state index in [2.05, 4.69) is 48.5 Å². The molecule has 0 nitrogen and oxygen atoms in total. The SMILES string of the molecule is c1c2c(cc3c1C1CC4CC(C1)CC3C4)C1(c3cc4c(cc3-2)C2CC3CC(C2)CC4C3)c2cc3c(cc2-c2cc4c(cc21)C1CC2CC(CC4C2)C1)C1CC2CC(C1)CC3C2. The van der Waals surface area contributed by atoms with Crippen LogP contribution >= 0.6 is 0 Å². The van der Waals surface area contributed by atoms with E-state index < -0.39 is 0 Å². The average Bonchev–Trinajstić information content (AvgIpc) is 3.30. The molecule has 22 rings (SSSR count). The molecule has 8 unspecified atom stereocenters. The van der Waals surface area contributed by atoms with Crippen LogP contribution in [-0.2, 0) is 5.41 Å². The van der Waals surface area contributed by atoms with Crippen LogP contribution in [0.2, 0.25) is 0 Å². The molecule has 0 saturated heterocycles. The van der Waals surface area contributed by atoms with Gasteiger partial charge in [-0.25, -0.2) is 0 Å². The summed E-state index contributed by atoms with van der Waals surface area (Å²) in [6.45, 7) is 0. The molecule has 4 aromatic carbocycles. The summed E-state index contributed by atoms with van der Waals surface area (Å²) in [5, 5.41) is 0. The lowest BCUT2D eigenvalue weighted by Crippen LogP contribution is -2.28. The zero-order chi connectivity index (χ0) is 38.8. The molecule has 0 aromatic heterocycles. The quantitative estimate of drug-likeness (QED) is 0.144. The van der Waals surface area contributed by atoms with Crippen LogP contribution in [0.3, 0.4) is 0 Å². The van der Waals surface area contributed by atoms with Crippen molar-refractivity contribution < 1.29 is 0 Å². The van der Waals surface area contributed by atoms with E-state index in [0.717, 1.165) is 94.7 Å². The first-order chi connectivity index (χ1) is 30.0. The van der Waals surface area contributed by atoms with Crippen molar-refractivity contribution in [2.45, 2.75) is 181 Å². The molecule has 0 aliphatic heterocycles. The van der Waals surface area contributed by atoms with Crippen molar-refractivity contribution in [1.82, 2.24) is 0 Å². The Morgan fingerprint density at radius 3 is 0.557 bits per heavy atom. The molecule has 1 spiro atoms. The Hall–Kier alpha value is -3.12. The smallest absolute Gasteiger partial charge is 0.0530 e. The first-order valence-corrected chi connectivity index (χ1v) is 26.8. The predicted molar refractivity (Wildman–Crippen MR) is 245 cm³/mol. The van der Waals surface area contributed by atoms with Crippen molar-refractivity contribution in [3.63, 3.8) is 0 Å². The van der Waals surface area contributed by atoms with E-state index in [1.165, 1.54) is 128 Å². The molecule has 8 atom stereocenters. The molecule has 308 valence electrons. The molecule has 18 aliphatic rings. The Kier molecular flexibility index (Phi) is 6.04. The van der Waals surface area contributed by atoms with Gasteiger partial charge < -0.3 is 0 Å². The zero-order valence-electron chi connectivity index (χ0n) is 36.5. The lowest BCUT2D eigenvalue weighted by molar-refractivity contribution is 0.165. The summed E-state index contributed by atoms with van der Waals surface area (Å²) in [4.78, 5) is 0. The second-order valence-electron chi connectivity index (χ2n) is 26.1. The summed E-state index contributed by atoms with van der Waals surface area (Å²) in [5.41, 5.74) is 28.1. The van der Waals surface area contributed by atoms with Crippen LogP contribution in [0.4, 0.5) is 0 Å². The van der Waals surface area contributed by atoms with Gasteiger partial charge in [0.2, 0.25) is 0 Å². The van der Waals surface area contributed by atoms with Crippen LogP contribution < -0.4 is 0 Å². The Balaban J connectivity index is 0.971. The minimum absolute atomic E-state index is 0.192. The van der Waals surface area contributed by atoms with Gasteiger partial charge >= 0.3 is 0 Å². The largest absolute Gasteiger partial charge is 0.0725 e. The van der Waals surface area contributed by atoms with E-state index in [-0.39, 0.29) is 5.41 Å². The Morgan fingerprint density at radius 2 is 0.377 bits per heavy atom. The number of hydrogen-bond donors (Lipinski definition) is 0. The fraction of sp³-hybridized carbons (Fsp3) is 0.607. The van der Waals surface area contributed by atoms with Crippen molar-refractivity contribution in [2.75, 3.05) is 0 Å². The standard InChI is InChI=1S/C61H64/c1-29-5-37-6-30(1)14-41(13-29)49-25-57-53(21-45(37)49)54-22-46-38-7-31-2-32(8-38)16-42(15-31)50(46)26-58(54)61(57)59-27-51-43-17-33-3-34(18-43)10-39(9-33)47(51)23-55(59)56-24-48-40-11-35-4-36(12-40)20-44(19-35)52(48)28-60(56)61/h21-44H,1-20H2. The summed E-state index contributed by atoms with van der Waals surface area (Å²) in [5.74, 6) is 13.9. The average molecular weight is 797 g/mol. The van der Waals surface area contributed by atoms with Crippen LogP contribution in [0.25, 0.3) is 22.3 Å². The Labute approximate surface area is 364 Å². The van der Waals surface area contributed by atoms with Gasteiger partial charge in [-0.3, -0.25) is 0 Å². The first kappa shape index (κ1) is 33.4. The van der Waals surface area contributed by atoms with E-state index in [4.69, 9.17) is 0 Å². The van der Waals surface area contributed by atoms with Crippen LogP contribution in [0, 0.1) is 47.3 Å².